The van der Waals surface area contributed by atoms with Gasteiger partial charge in [0.15, 0.2) is 0 Å². The molecule has 2 fully saturated rings. The van der Waals surface area contributed by atoms with E-state index in [4.69, 9.17) is 4.74 Å². The first-order valence-corrected chi connectivity index (χ1v) is 8.41. The van der Waals surface area contributed by atoms with Crippen molar-refractivity contribution in [3.05, 3.63) is 35.9 Å². The number of nitrogens with zero attached hydrogens (tertiary/aromatic N) is 1. The van der Waals surface area contributed by atoms with E-state index in [-0.39, 0.29) is 0 Å². The molecule has 21 heavy (non-hydrogen) atoms. The Labute approximate surface area is 128 Å². The maximum atomic E-state index is 5.52. The molecule has 3 nitrogen and oxygen atoms in total. The van der Waals surface area contributed by atoms with Crippen LogP contribution in [0.4, 0.5) is 0 Å². The smallest absolute Gasteiger partial charge is 0.0509 e. The number of nitrogens with one attached hydrogen (secondary N) is 1. The molecule has 0 amide bonds. The van der Waals surface area contributed by atoms with Crippen LogP contribution < -0.4 is 5.32 Å². The third-order valence-electron chi connectivity index (χ3n) is 4.93. The molecule has 1 aromatic carbocycles. The van der Waals surface area contributed by atoms with Gasteiger partial charge in [0, 0.05) is 31.8 Å². The van der Waals surface area contributed by atoms with Crippen LogP contribution in [0.5, 0.6) is 0 Å². The molecular weight excluding hydrogens is 260 g/mol. The Morgan fingerprint density at radius 3 is 2.90 bits per heavy atom. The molecule has 0 saturated carbocycles. The van der Waals surface area contributed by atoms with E-state index in [0.29, 0.717) is 18.0 Å². The average molecular weight is 288 g/mol. The van der Waals surface area contributed by atoms with Crippen LogP contribution in [0, 0.1) is 5.92 Å². The topological polar surface area (TPSA) is 24.5 Å². The summed E-state index contributed by atoms with van der Waals surface area (Å²) in [6.07, 6.45) is 3.83. The number of benzene rings is 1. The lowest BCUT2D eigenvalue weighted by molar-refractivity contribution is 0.155. The first-order chi connectivity index (χ1) is 10.3. The van der Waals surface area contributed by atoms with Gasteiger partial charge in [-0.05, 0) is 44.2 Å². The van der Waals surface area contributed by atoms with Crippen LogP contribution in [-0.4, -0.2) is 43.3 Å². The summed E-state index contributed by atoms with van der Waals surface area (Å²) in [5.41, 5.74) is 1.43. The Morgan fingerprint density at radius 1 is 1.29 bits per heavy atom. The van der Waals surface area contributed by atoms with Crippen LogP contribution in [0.15, 0.2) is 30.3 Å². The fourth-order valence-corrected chi connectivity index (χ4v) is 3.63. The Morgan fingerprint density at radius 2 is 2.14 bits per heavy atom. The van der Waals surface area contributed by atoms with Crippen molar-refractivity contribution in [3.63, 3.8) is 0 Å². The van der Waals surface area contributed by atoms with E-state index in [1.54, 1.807) is 0 Å². The molecule has 116 valence electrons. The van der Waals surface area contributed by atoms with Crippen molar-refractivity contribution in [2.75, 3.05) is 26.3 Å². The Bertz CT molecular complexity index is 416. The average Bonchev–Trinajstić information content (AvgIpc) is 3.03. The molecular formula is C18H28N2O. The largest absolute Gasteiger partial charge is 0.381 e. The summed E-state index contributed by atoms with van der Waals surface area (Å²) in [5, 5.41) is 3.85. The zero-order valence-electron chi connectivity index (χ0n) is 13.1. The predicted octanol–water partition coefficient (Wildman–Crippen LogP) is 2.67. The third-order valence-corrected chi connectivity index (χ3v) is 4.93. The van der Waals surface area contributed by atoms with Crippen molar-refractivity contribution in [2.24, 2.45) is 5.92 Å². The maximum absolute atomic E-state index is 5.52. The lowest BCUT2D eigenvalue weighted by Gasteiger charge is -2.35. The quantitative estimate of drug-likeness (QED) is 0.901. The van der Waals surface area contributed by atoms with Crippen LogP contribution in [0.2, 0.25) is 0 Å². The van der Waals surface area contributed by atoms with Crippen LogP contribution in [0.3, 0.4) is 0 Å². The van der Waals surface area contributed by atoms with Crippen molar-refractivity contribution < 1.29 is 4.74 Å². The van der Waals surface area contributed by atoms with Crippen molar-refractivity contribution >= 4 is 0 Å². The molecule has 3 heteroatoms. The zero-order chi connectivity index (χ0) is 14.5. The molecule has 2 heterocycles. The van der Waals surface area contributed by atoms with Crippen molar-refractivity contribution in [1.29, 1.82) is 0 Å². The molecule has 0 spiro atoms. The Hall–Kier alpha value is -0.900. The van der Waals surface area contributed by atoms with E-state index in [9.17, 15) is 0 Å². The number of hydrogen-bond acceptors (Lipinski definition) is 3. The molecule has 3 rings (SSSR count). The second-order valence-electron chi connectivity index (χ2n) is 6.64. The second-order valence-corrected chi connectivity index (χ2v) is 6.64. The van der Waals surface area contributed by atoms with Crippen LogP contribution in [-0.2, 0) is 11.3 Å². The summed E-state index contributed by atoms with van der Waals surface area (Å²) >= 11 is 0. The van der Waals surface area contributed by atoms with E-state index in [2.05, 4.69) is 47.5 Å². The highest BCUT2D eigenvalue weighted by molar-refractivity contribution is 5.14. The first kappa shape index (κ1) is 15.0. The molecule has 2 aliphatic heterocycles. The van der Waals surface area contributed by atoms with Gasteiger partial charge in [-0.15, -0.1) is 0 Å². The highest BCUT2D eigenvalue weighted by Gasteiger charge is 2.26. The van der Waals surface area contributed by atoms with Gasteiger partial charge in [0.1, 0.15) is 0 Å². The van der Waals surface area contributed by atoms with Crippen molar-refractivity contribution in [1.82, 2.24) is 10.2 Å². The van der Waals surface area contributed by atoms with Gasteiger partial charge < -0.3 is 10.1 Å². The van der Waals surface area contributed by atoms with Gasteiger partial charge >= 0.3 is 0 Å². The summed E-state index contributed by atoms with van der Waals surface area (Å²) < 4.78 is 5.52. The number of rotatable bonds is 5. The molecule has 0 bridgehead atoms. The summed E-state index contributed by atoms with van der Waals surface area (Å²) in [4.78, 5) is 2.59. The van der Waals surface area contributed by atoms with E-state index >= 15 is 0 Å². The summed E-state index contributed by atoms with van der Waals surface area (Å²) in [6.45, 7) is 7.70. The van der Waals surface area contributed by atoms with Gasteiger partial charge in [-0.3, -0.25) is 4.90 Å². The van der Waals surface area contributed by atoms with Gasteiger partial charge in [-0.2, -0.15) is 0 Å². The summed E-state index contributed by atoms with van der Waals surface area (Å²) in [7, 11) is 0. The molecule has 1 aromatic rings. The molecule has 2 aliphatic rings. The van der Waals surface area contributed by atoms with Crippen LogP contribution >= 0.6 is 0 Å². The monoisotopic (exact) mass is 288 g/mol. The number of ether oxygens (including phenoxy) is 1. The van der Waals surface area contributed by atoms with Crippen LogP contribution in [0.25, 0.3) is 0 Å². The highest BCUT2D eigenvalue weighted by atomic mass is 16.5. The summed E-state index contributed by atoms with van der Waals surface area (Å²) in [5.74, 6) is 0.703. The van der Waals surface area contributed by atoms with E-state index in [1.807, 2.05) is 0 Å². The first-order valence-electron chi connectivity index (χ1n) is 8.41. The molecule has 3 atom stereocenters. The predicted molar refractivity (Wildman–Crippen MR) is 86.3 cm³/mol. The minimum absolute atomic E-state index is 0.578. The summed E-state index contributed by atoms with van der Waals surface area (Å²) in [6, 6.07) is 12.0. The van der Waals surface area contributed by atoms with Gasteiger partial charge in [0.25, 0.3) is 0 Å². The maximum Gasteiger partial charge on any atom is 0.0509 e. The normalized spacial score (nSPS) is 28.6. The molecule has 0 aliphatic carbocycles. The molecule has 3 unspecified atom stereocenters. The molecule has 1 N–H and O–H groups in total. The van der Waals surface area contributed by atoms with Gasteiger partial charge in [-0.1, -0.05) is 30.3 Å². The minimum Gasteiger partial charge on any atom is -0.381 e. The number of likely N-dealkylation sites (tertiary alicyclic amines) is 1. The van der Waals surface area contributed by atoms with Crippen LogP contribution in [0.1, 0.15) is 31.7 Å². The Kier molecular flexibility index (Phi) is 5.28. The van der Waals surface area contributed by atoms with E-state index < -0.39 is 0 Å². The van der Waals surface area contributed by atoms with Crippen molar-refractivity contribution in [2.45, 2.75) is 44.8 Å². The van der Waals surface area contributed by atoms with Gasteiger partial charge in [-0.25, -0.2) is 0 Å². The van der Waals surface area contributed by atoms with E-state index in [1.165, 1.54) is 37.9 Å². The molecule has 0 radical (unpaired) electrons. The van der Waals surface area contributed by atoms with Gasteiger partial charge in [0.2, 0.25) is 0 Å². The van der Waals surface area contributed by atoms with Crippen molar-refractivity contribution in [3.8, 4) is 0 Å². The number of hydrogen-bond donors (Lipinski definition) is 1. The fourth-order valence-electron chi connectivity index (χ4n) is 3.63. The second kappa shape index (κ2) is 7.39. The molecule has 0 aromatic heterocycles. The zero-order valence-corrected chi connectivity index (χ0v) is 13.1. The lowest BCUT2D eigenvalue weighted by atomic mass is 9.97. The SMILES string of the molecule is CC(NC1CCCN(Cc2ccccc2)C1)C1CCOC1. The van der Waals surface area contributed by atoms with Gasteiger partial charge in [0.05, 0.1) is 6.61 Å². The highest BCUT2D eigenvalue weighted by Crippen LogP contribution is 2.19. The van der Waals surface area contributed by atoms with E-state index in [0.717, 1.165) is 19.8 Å². The minimum atomic E-state index is 0.578. The number of piperidine rings is 1. The third kappa shape index (κ3) is 4.29. The standard InChI is InChI=1S/C18H28N2O/c1-15(17-9-11-21-14-17)19-18-8-5-10-20(13-18)12-16-6-3-2-4-7-16/h2-4,6-7,15,17-19H,5,8-14H2,1H3. The fraction of sp³-hybridized carbons (Fsp3) is 0.667. The molecule has 2 saturated heterocycles. The lowest BCUT2D eigenvalue weighted by Crippen LogP contribution is -2.50. The Balaban J connectivity index is 1.48.